The standard InChI is InChI=1S/C9H20O2S/c10-8-6-4-2-1-3-5-7-9-12-11/h10-11H,1-9H2. The molecule has 2 N–H and O–H groups in total. The summed E-state index contributed by atoms with van der Waals surface area (Å²) in [5.41, 5.74) is 0. The zero-order valence-electron chi connectivity index (χ0n) is 7.67. The Labute approximate surface area is 79.6 Å². The van der Waals surface area contributed by atoms with Gasteiger partial charge >= 0.3 is 0 Å². The minimum Gasteiger partial charge on any atom is -0.396 e. The summed E-state index contributed by atoms with van der Waals surface area (Å²) >= 11 is 0.940. The van der Waals surface area contributed by atoms with E-state index in [0.717, 1.165) is 37.1 Å². The number of hydrogen-bond donors (Lipinski definition) is 2. The molecular weight excluding hydrogens is 172 g/mol. The van der Waals surface area contributed by atoms with Crippen LogP contribution in [-0.2, 0) is 0 Å². The molecule has 0 heterocycles. The predicted molar refractivity (Wildman–Crippen MR) is 54.5 cm³/mol. The quantitative estimate of drug-likeness (QED) is 0.436. The SMILES string of the molecule is OCCCCCCCCCSO. The van der Waals surface area contributed by atoms with Gasteiger partial charge in [0.15, 0.2) is 0 Å². The van der Waals surface area contributed by atoms with E-state index in [2.05, 4.69) is 0 Å². The minimum absolute atomic E-state index is 0.334. The van der Waals surface area contributed by atoms with Crippen molar-refractivity contribution >= 4 is 12.0 Å². The zero-order chi connectivity index (χ0) is 9.07. The van der Waals surface area contributed by atoms with Gasteiger partial charge in [-0.2, -0.15) is 0 Å². The van der Waals surface area contributed by atoms with Crippen LogP contribution in [0.5, 0.6) is 0 Å². The molecule has 0 radical (unpaired) electrons. The minimum atomic E-state index is 0.334. The third-order valence-electron chi connectivity index (χ3n) is 1.89. The van der Waals surface area contributed by atoms with Gasteiger partial charge in [-0.05, 0) is 24.9 Å². The van der Waals surface area contributed by atoms with Crippen molar-refractivity contribution in [3.63, 3.8) is 0 Å². The molecule has 0 amide bonds. The first-order valence-electron chi connectivity index (χ1n) is 4.79. The molecule has 0 aliphatic heterocycles. The second-order valence-corrected chi connectivity index (χ2v) is 3.70. The highest BCUT2D eigenvalue weighted by molar-refractivity contribution is 7.93. The van der Waals surface area contributed by atoms with Crippen LogP contribution in [0.1, 0.15) is 44.9 Å². The van der Waals surface area contributed by atoms with E-state index >= 15 is 0 Å². The third kappa shape index (κ3) is 10.3. The first-order valence-corrected chi connectivity index (χ1v) is 5.73. The van der Waals surface area contributed by atoms with Gasteiger partial charge in [0.1, 0.15) is 0 Å². The summed E-state index contributed by atoms with van der Waals surface area (Å²) in [5, 5.41) is 8.51. The van der Waals surface area contributed by atoms with Crippen molar-refractivity contribution in [3.8, 4) is 0 Å². The lowest BCUT2D eigenvalue weighted by Crippen LogP contribution is -1.84. The lowest BCUT2D eigenvalue weighted by Gasteiger charge is -1.99. The topological polar surface area (TPSA) is 40.5 Å². The summed E-state index contributed by atoms with van der Waals surface area (Å²) < 4.78 is 8.43. The van der Waals surface area contributed by atoms with E-state index < -0.39 is 0 Å². The number of unbranched alkanes of at least 4 members (excludes halogenated alkanes) is 6. The van der Waals surface area contributed by atoms with Crippen LogP contribution in [0.4, 0.5) is 0 Å². The molecule has 0 aromatic carbocycles. The highest BCUT2D eigenvalue weighted by Crippen LogP contribution is 2.08. The van der Waals surface area contributed by atoms with E-state index in [-0.39, 0.29) is 0 Å². The highest BCUT2D eigenvalue weighted by atomic mass is 32.2. The van der Waals surface area contributed by atoms with E-state index in [1.807, 2.05) is 0 Å². The number of rotatable bonds is 9. The lowest BCUT2D eigenvalue weighted by molar-refractivity contribution is 0.282. The van der Waals surface area contributed by atoms with Crippen LogP contribution >= 0.6 is 12.0 Å². The van der Waals surface area contributed by atoms with Gasteiger partial charge in [0.25, 0.3) is 0 Å². The van der Waals surface area contributed by atoms with Crippen molar-refractivity contribution in [2.75, 3.05) is 12.4 Å². The van der Waals surface area contributed by atoms with Crippen LogP contribution in [0.2, 0.25) is 0 Å². The van der Waals surface area contributed by atoms with Gasteiger partial charge < -0.3 is 9.66 Å². The first kappa shape index (κ1) is 12.3. The fraction of sp³-hybridized carbons (Fsp3) is 1.00. The van der Waals surface area contributed by atoms with Crippen LogP contribution in [-0.4, -0.2) is 22.0 Å². The van der Waals surface area contributed by atoms with E-state index in [9.17, 15) is 0 Å². The Bertz CT molecular complexity index is 68.9. The highest BCUT2D eigenvalue weighted by Gasteiger charge is 1.90. The molecule has 0 saturated heterocycles. The van der Waals surface area contributed by atoms with Crippen molar-refractivity contribution in [2.24, 2.45) is 0 Å². The second kappa shape index (κ2) is 11.3. The summed E-state index contributed by atoms with van der Waals surface area (Å²) in [4.78, 5) is 0. The molecule has 0 rings (SSSR count). The molecule has 0 saturated carbocycles. The third-order valence-corrected chi connectivity index (χ3v) is 2.36. The monoisotopic (exact) mass is 192 g/mol. The normalized spacial score (nSPS) is 10.5. The zero-order valence-corrected chi connectivity index (χ0v) is 8.48. The van der Waals surface area contributed by atoms with Gasteiger partial charge in [0.05, 0.1) is 0 Å². The van der Waals surface area contributed by atoms with E-state index in [0.29, 0.717) is 6.61 Å². The maximum absolute atomic E-state index is 8.51. The van der Waals surface area contributed by atoms with Crippen molar-refractivity contribution in [3.05, 3.63) is 0 Å². The molecule has 0 aliphatic rings. The second-order valence-electron chi connectivity index (χ2n) is 3.03. The molecule has 0 aromatic heterocycles. The lowest BCUT2D eigenvalue weighted by atomic mass is 10.1. The average Bonchev–Trinajstić information content (AvgIpc) is 2.10. The molecule has 0 spiro atoms. The van der Waals surface area contributed by atoms with Crippen LogP contribution in [0.3, 0.4) is 0 Å². The molecule has 12 heavy (non-hydrogen) atoms. The Hall–Kier alpha value is 0.270. The largest absolute Gasteiger partial charge is 0.396 e. The van der Waals surface area contributed by atoms with E-state index in [4.69, 9.17) is 9.66 Å². The molecule has 0 bridgehead atoms. The number of aliphatic hydroxyl groups excluding tert-OH is 1. The molecular formula is C9H20O2S. The summed E-state index contributed by atoms with van der Waals surface area (Å²) in [6, 6.07) is 0. The first-order chi connectivity index (χ1) is 5.91. The van der Waals surface area contributed by atoms with Crippen LogP contribution in [0.25, 0.3) is 0 Å². The average molecular weight is 192 g/mol. The molecule has 0 atom stereocenters. The Morgan fingerprint density at radius 1 is 0.750 bits per heavy atom. The van der Waals surface area contributed by atoms with Gasteiger partial charge in [0, 0.05) is 12.4 Å². The van der Waals surface area contributed by atoms with Gasteiger partial charge in [-0.1, -0.05) is 32.1 Å². The molecule has 0 unspecified atom stereocenters. The van der Waals surface area contributed by atoms with E-state index in [1.54, 1.807) is 0 Å². The summed E-state index contributed by atoms with van der Waals surface area (Å²) in [5.74, 6) is 0.872. The Balaban J connectivity index is 2.73. The Morgan fingerprint density at radius 2 is 1.25 bits per heavy atom. The summed E-state index contributed by atoms with van der Waals surface area (Å²) in [7, 11) is 0. The fourth-order valence-corrected chi connectivity index (χ4v) is 1.50. The Morgan fingerprint density at radius 3 is 1.75 bits per heavy atom. The molecule has 0 aromatic rings. The van der Waals surface area contributed by atoms with Crippen LogP contribution in [0, 0.1) is 0 Å². The summed E-state index contributed by atoms with van der Waals surface area (Å²) in [6.07, 6.45) is 8.25. The van der Waals surface area contributed by atoms with Crippen LogP contribution < -0.4 is 0 Å². The molecule has 74 valence electrons. The van der Waals surface area contributed by atoms with Crippen LogP contribution in [0.15, 0.2) is 0 Å². The Kier molecular flexibility index (Phi) is 11.5. The number of aliphatic hydroxyl groups is 1. The molecule has 3 heteroatoms. The van der Waals surface area contributed by atoms with Gasteiger partial charge in [-0.3, -0.25) is 0 Å². The molecule has 0 fully saturated rings. The van der Waals surface area contributed by atoms with Gasteiger partial charge in [-0.25, -0.2) is 0 Å². The molecule has 2 nitrogen and oxygen atoms in total. The van der Waals surface area contributed by atoms with E-state index in [1.165, 1.54) is 25.7 Å². The fourth-order valence-electron chi connectivity index (χ4n) is 1.16. The predicted octanol–water partition coefficient (Wildman–Crippen LogP) is 2.92. The van der Waals surface area contributed by atoms with Crippen molar-refractivity contribution < 1.29 is 9.66 Å². The number of hydrogen-bond acceptors (Lipinski definition) is 3. The van der Waals surface area contributed by atoms with Crippen molar-refractivity contribution in [2.45, 2.75) is 44.9 Å². The van der Waals surface area contributed by atoms with Crippen molar-refractivity contribution in [1.82, 2.24) is 0 Å². The summed E-state index contributed by atoms with van der Waals surface area (Å²) in [6.45, 7) is 0.334. The molecule has 0 aliphatic carbocycles. The maximum Gasteiger partial charge on any atom is 0.0431 e. The van der Waals surface area contributed by atoms with Crippen molar-refractivity contribution in [1.29, 1.82) is 0 Å². The maximum atomic E-state index is 8.51. The van der Waals surface area contributed by atoms with Gasteiger partial charge in [0.2, 0.25) is 0 Å². The smallest absolute Gasteiger partial charge is 0.0431 e. The van der Waals surface area contributed by atoms with Gasteiger partial charge in [-0.15, -0.1) is 0 Å².